The molecular weight excluding hydrogens is 495 g/mol. The molecule has 0 aliphatic carbocycles. The molecule has 0 heterocycles. The van der Waals surface area contributed by atoms with Gasteiger partial charge < -0.3 is 14.8 Å². The molecule has 0 spiro atoms. The number of carbonyl (C=O) groups excluding carboxylic acids is 1. The Kier molecular flexibility index (Phi) is 8.84. The summed E-state index contributed by atoms with van der Waals surface area (Å²) in [6, 6.07) is 17.6. The lowest BCUT2D eigenvalue weighted by atomic mass is 10.1. The molecule has 0 fully saturated rings. The SMILES string of the molecule is CCOc1cc(/C=C(\C#N)C(=O)Nc2cc(Cl)ccc2C)cc(Cl)c1OCc1ccccc1Cl. The lowest BCUT2D eigenvalue weighted by Gasteiger charge is -2.15. The molecule has 3 rings (SSSR count). The Morgan fingerprint density at radius 1 is 1.06 bits per heavy atom. The first kappa shape index (κ1) is 25.5. The zero-order chi connectivity index (χ0) is 24.7. The Balaban J connectivity index is 1.87. The molecule has 5 nitrogen and oxygen atoms in total. The van der Waals surface area contributed by atoms with Gasteiger partial charge in [0.25, 0.3) is 5.91 Å². The lowest BCUT2D eigenvalue weighted by Crippen LogP contribution is -2.14. The minimum Gasteiger partial charge on any atom is -0.490 e. The van der Waals surface area contributed by atoms with Crippen LogP contribution in [0.5, 0.6) is 11.5 Å². The van der Waals surface area contributed by atoms with E-state index in [0.29, 0.717) is 39.4 Å². The average Bonchev–Trinajstić information content (AvgIpc) is 2.80. The summed E-state index contributed by atoms with van der Waals surface area (Å²) in [5.74, 6) is 0.163. The van der Waals surface area contributed by atoms with Gasteiger partial charge in [0.05, 0.1) is 11.6 Å². The average molecular weight is 516 g/mol. The first-order valence-corrected chi connectivity index (χ1v) is 11.5. The molecule has 0 aliphatic rings. The topological polar surface area (TPSA) is 71.3 Å². The van der Waals surface area contributed by atoms with Gasteiger partial charge in [-0.2, -0.15) is 5.26 Å². The van der Waals surface area contributed by atoms with Gasteiger partial charge >= 0.3 is 0 Å². The molecule has 1 N–H and O–H groups in total. The third-order valence-corrected chi connectivity index (χ3v) is 5.67. The van der Waals surface area contributed by atoms with Crippen molar-refractivity contribution >= 4 is 52.5 Å². The summed E-state index contributed by atoms with van der Waals surface area (Å²) in [5, 5.41) is 13.6. The molecular formula is C26H21Cl3N2O3. The highest BCUT2D eigenvalue weighted by Gasteiger charge is 2.16. The predicted molar refractivity (Wildman–Crippen MR) is 137 cm³/mol. The molecule has 3 aromatic rings. The standard InChI is InChI=1S/C26H21Cl3N2O3/c1-3-33-24-12-17(11-22(29)25(24)34-15-18-6-4-5-7-21(18)28)10-19(14-30)26(32)31-23-13-20(27)9-8-16(23)2/h4-13H,3,15H2,1-2H3,(H,31,32)/b19-10+. The number of nitriles is 1. The van der Waals surface area contributed by atoms with E-state index in [9.17, 15) is 10.1 Å². The quantitative estimate of drug-likeness (QED) is 0.249. The molecule has 34 heavy (non-hydrogen) atoms. The summed E-state index contributed by atoms with van der Waals surface area (Å²) >= 11 is 18.7. The van der Waals surface area contributed by atoms with E-state index in [2.05, 4.69) is 5.32 Å². The second-order valence-corrected chi connectivity index (χ2v) is 8.48. The van der Waals surface area contributed by atoms with Crippen molar-refractivity contribution in [1.29, 1.82) is 5.26 Å². The highest BCUT2D eigenvalue weighted by molar-refractivity contribution is 6.32. The van der Waals surface area contributed by atoms with Crippen LogP contribution in [0.15, 0.2) is 60.2 Å². The van der Waals surface area contributed by atoms with Crippen LogP contribution in [0.4, 0.5) is 5.69 Å². The van der Waals surface area contributed by atoms with E-state index in [0.717, 1.165) is 11.1 Å². The van der Waals surface area contributed by atoms with Gasteiger partial charge in [0.15, 0.2) is 11.5 Å². The Bertz CT molecular complexity index is 1280. The van der Waals surface area contributed by atoms with E-state index in [1.165, 1.54) is 6.08 Å². The van der Waals surface area contributed by atoms with Crippen LogP contribution in [0.25, 0.3) is 6.08 Å². The van der Waals surface area contributed by atoms with E-state index in [-0.39, 0.29) is 17.2 Å². The molecule has 0 aromatic heterocycles. The fraction of sp³-hybridized carbons (Fsp3) is 0.154. The molecule has 0 radical (unpaired) electrons. The van der Waals surface area contributed by atoms with Crippen LogP contribution in [0.1, 0.15) is 23.6 Å². The van der Waals surface area contributed by atoms with Crippen LogP contribution in [-0.2, 0) is 11.4 Å². The smallest absolute Gasteiger partial charge is 0.266 e. The molecule has 0 bridgehead atoms. The normalized spacial score (nSPS) is 11.0. The number of ether oxygens (including phenoxy) is 2. The molecule has 3 aromatic carbocycles. The lowest BCUT2D eigenvalue weighted by molar-refractivity contribution is -0.112. The summed E-state index contributed by atoms with van der Waals surface area (Å²) < 4.78 is 11.6. The molecule has 0 saturated heterocycles. The van der Waals surface area contributed by atoms with Gasteiger partial charge in [0, 0.05) is 21.3 Å². The number of amides is 1. The number of anilines is 1. The van der Waals surface area contributed by atoms with Crippen LogP contribution in [0.3, 0.4) is 0 Å². The molecule has 1 amide bonds. The van der Waals surface area contributed by atoms with Gasteiger partial charge in [0.1, 0.15) is 18.2 Å². The van der Waals surface area contributed by atoms with E-state index < -0.39 is 5.91 Å². The first-order chi connectivity index (χ1) is 16.3. The van der Waals surface area contributed by atoms with E-state index >= 15 is 0 Å². The number of rotatable bonds is 8. The van der Waals surface area contributed by atoms with Crippen LogP contribution < -0.4 is 14.8 Å². The summed E-state index contributed by atoms with van der Waals surface area (Å²) in [4.78, 5) is 12.7. The number of nitrogens with one attached hydrogen (secondary N) is 1. The van der Waals surface area contributed by atoms with Crippen molar-refractivity contribution in [1.82, 2.24) is 0 Å². The molecule has 0 aliphatic heterocycles. The summed E-state index contributed by atoms with van der Waals surface area (Å²) in [5.41, 5.74) is 2.54. The minimum atomic E-state index is -0.569. The Morgan fingerprint density at radius 3 is 2.53 bits per heavy atom. The Hall–Kier alpha value is -3.17. The van der Waals surface area contributed by atoms with Crippen molar-refractivity contribution in [2.24, 2.45) is 0 Å². The Morgan fingerprint density at radius 2 is 1.82 bits per heavy atom. The van der Waals surface area contributed by atoms with Gasteiger partial charge in [-0.1, -0.05) is 59.1 Å². The zero-order valence-corrected chi connectivity index (χ0v) is 20.8. The molecule has 0 saturated carbocycles. The highest BCUT2D eigenvalue weighted by Crippen LogP contribution is 2.38. The largest absolute Gasteiger partial charge is 0.490 e. The zero-order valence-electron chi connectivity index (χ0n) is 18.5. The summed E-state index contributed by atoms with van der Waals surface area (Å²) in [7, 11) is 0. The monoisotopic (exact) mass is 514 g/mol. The maximum Gasteiger partial charge on any atom is 0.266 e. The number of hydrogen-bond acceptors (Lipinski definition) is 4. The van der Waals surface area contributed by atoms with Crippen molar-refractivity contribution in [3.05, 3.63) is 91.9 Å². The first-order valence-electron chi connectivity index (χ1n) is 10.3. The number of nitrogens with zero attached hydrogens (tertiary/aromatic N) is 1. The van der Waals surface area contributed by atoms with E-state index in [1.807, 2.05) is 38.1 Å². The summed E-state index contributed by atoms with van der Waals surface area (Å²) in [6.45, 7) is 4.22. The predicted octanol–water partition coefficient (Wildman–Crippen LogP) is 7.48. The number of hydrogen-bond donors (Lipinski definition) is 1. The van der Waals surface area contributed by atoms with Gasteiger partial charge in [-0.3, -0.25) is 4.79 Å². The number of carbonyl (C=O) groups is 1. The highest BCUT2D eigenvalue weighted by atomic mass is 35.5. The second kappa shape index (κ2) is 11.8. The van der Waals surface area contributed by atoms with E-state index in [1.54, 1.807) is 36.4 Å². The fourth-order valence-corrected chi connectivity index (χ4v) is 3.71. The van der Waals surface area contributed by atoms with E-state index in [4.69, 9.17) is 44.3 Å². The molecule has 174 valence electrons. The van der Waals surface area contributed by atoms with Crippen LogP contribution in [0.2, 0.25) is 15.1 Å². The Labute approximate surface area is 213 Å². The fourth-order valence-electron chi connectivity index (χ4n) is 3.07. The third-order valence-electron chi connectivity index (χ3n) is 4.79. The molecule has 0 unspecified atom stereocenters. The van der Waals surface area contributed by atoms with Crippen LogP contribution in [-0.4, -0.2) is 12.5 Å². The van der Waals surface area contributed by atoms with Crippen molar-refractivity contribution in [3.8, 4) is 17.6 Å². The number of aryl methyl sites for hydroxylation is 1. The maximum atomic E-state index is 12.7. The number of benzene rings is 3. The van der Waals surface area contributed by atoms with Gasteiger partial charge in [-0.05, 0) is 61.4 Å². The summed E-state index contributed by atoms with van der Waals surface area (Å²) in [6.07, 6.45) is 1.43. The van der Waals surface area contributed by atoms with Gasteiger partial charge in [-0.15, -0.1) is 0 Å². The third kappa shape index (κ3) is 6.45. The van der Waals surface area contributed by atoms with Crippen molar-refractivity contribution in [2.75, 3.05) is 11.9 Å². The second-order valence-electron chi connectivity index (χ2n) is 7.23. The van der Waals surface area contributed by atoms with Crippen LogP contribution >= 0.6 is 34.8 Å². The van der Waals surface area contributed by atoms with Gasteiger partial charge in [-0.25, -0.2) is 0 Å². The maximum absolute atomic E-state index is 12.7. The molecule has 0 atom stereocenters. The van der Waals surface area contributed by atoms with Crippen molar-refractivity contribution < 1.29 is 14.3 Å². The van der Waals surface area contributed by atoms with Crippen molar-refractivity contribution in [3.63, 3.8) is 0 Å². The number of halogens is 3. The minimum absolute atomic E-state index is 0.109. The van der Waals surface area contributed by atoms with Crippen LogP contribution in [0, 0.1) is 18.3 Å². The van der Waals surface area contributed by atoms with Crippen molar-refractivity contribution in [2.45, 2.75) is 20.5 Å². The van der Waals surface area contributed by atoms with Gasteiger partial charge in [0.2, 0.25) is 0 Å². The molecule has 8 heteroatoms.